The Balaban J connectivity index is 1.57. The minimum absolute atomic E-state index is 0.0210. The summed E-state index contributed by atoms with van der Waals surface area (Å²) in [6.07, 6.45) is 1.51. The Bertz CT molecular complexity index is 1360. The van der Waals surface area contributed by atoms with Crippen molar-refractivity contribution in [2.24, 2.45) is 0 Å². The van der Waals surface area contributed by atoms with E-state index in [0.717, 1.165) is 5.56 Å². The highest BCUT2D eigenvalue weighted by atomic mass is 32.1. The van der Waals surface area contributed by atoms with Gasteiger partial charge in [0, 0.05) is 5.56 Å². The normalized spacial score (nSPS) is 16.1. The first-order valence-electron chi connectivity index (χ1n) is 10.3. The molecule has 0 spiro atoms. The first-order valence-corrected chi connectivity index (χ1v) is 11.2. The summed E-state index contributed by atoms with van der Waals surface area (Å²) in [6.45, 7) is 3.60. The maximum absolute atomic E-state index is 13.7. The molecule has 7 nitrogen and oxygen atoms in total. The Hall–Kier alpha value is -3.91. The van der Waals surface area contributed by atoms with Gasteiger partial charge in [0.15, 0.2) is 5.76 Å². The molecule has 1 unspecified atom stereocenters. The van der Waals surface area contributed by atoms with Crippen LogP contribution in [0.2, 0.25) is 0 Å². The molecule has 166 valence electrons. The van der Waals surface area contributed by atoms with Gasteiger partial charge in [0.2, 0.25) is 5.78 Å². The maximum atomic E-state index is 13.7. The molecule has 1 aliphatic heterocycles. The van der Waals surface area contributed by atoms with Crippen LogP contribution in [-0.2, 0) is 11.3 Å². The van der Waals surface area contributed by atoms with Crippen molar-refractivity contribution < 1.29 is 23.5 Å². The molecular weight excluding hydrogens is 440 g/mol. The standard InChI is InChI=1S/C25H20N2O5S/c1-14-10-11-18(32-14)20-19(22(29)25(30)27(20)13-17-9-6-12-31-17)21(28)23-15(2)26-24(33-23)16-7-4-3-5-8-16/h3-12,20,29H,13H2,1-2H3. The second kappa shape index (κ2) is 8.22. The van der Waals surface area contributed by atoms with Crippen molar-refractivity contribution in [3.63, 3.8) is 0 Å². The van der Waals surface area contributed by atoms with Crippen LogP contribution in [-0.4, -0.2) is 26.7 Å². The van der Waals surface area contributed by atoms with Gasteiger partial charge < -0.3 is 18.8 Å². The molecule has 0 saturated carbocycles. The van der Waals surface area contributed by atoms with Gasteiger partial charge in [0.1, 0.15) is 28.3 Å². The van der Waals surface area contributed by atoms with Gasteiger partial charge in [0.25, 0.3) is 5.91 Å². The molecule has 8 heteroatoms. The number of nitrogens with zero attached hydrogens (tertiary/aromatic N) is 2. The summed E-state index contributed by atoms with van der Waals surface area (Å²) in [7, 11) is 0. The van der Waals surface area contributed by atoms with Gasteiger partial charge in [-0.15, -0.1) is 11.3 Å². The van der Waals surface area contributed by atoms with Crippen LogP contribution >= 0.6 is 11.3 Å². The minimum Gasteiger partial charge on any atom is -0.503 e. The molecule has 5 rings (SSSR count). The lowest BCUT2D eigenvalue weighted by atomic mass is 9.99. The van der Waals surface area contributed by atoms with Crippen LogP contribution in [0.1, 0.15) is 38.7 Å². The van der Waals surface area contributed by atoms with Gasteiger partial charge in [-0.1, -0.05) is 30.3 Å². The number of carbonyl (C=O) groups is 2. The number of aliphatic hydroxyl groups excluding tert-OH is 1. The maximum Gasteiger partial charge on any atom is 0.290 e. The molecule has 1 atom stereocenters. The zero-order valence-electron chi connectivity index (χ0n) is 17.9. The summed E-state index contributed by atoms with van der Waals surface area (Å²) < 4.78 is 11.2. The third-order valence-corrected chi connectivity index (χ3v) is 6.71. The van der Waals surface area contributed by atoms with Crippen molar-refractivity contribution in [2.75, 3.05) is 0 Å². The average molecular weight is 461 g/mol. The highest BCUT2D eigenvalue weighted by molar-refractivity contribution is 7.17. The Morgan fingerprint density at radius 1 is 1.12 bits per heavy atom. The van der Waals surface area contributed by atoms with Crippen LogP contribution in [0.15, 0.2) is 81.0 Å². The molecule has 1 aliphatic rings. The molecule has 0 aliphatic carbocycles. The molecule has 3 aromatic heterocycles. The number of benzene rings is 1. The van der Waals surface area contributed by atoms with E-state index >= 15 is 0 Å². The van der Waals surface area contributed by atoms with Gasteiger partial charge in [0.05, 0.1) is 29.0 Å². The van der Waals surface area contributed by atoms with E-state index in [-0.39, 0.29) is 12.1 Å². The van der Waals surface area contributed by atoms with Crippen LogP contribution in [0.3, 0.4) is 0 Å². The van der Waals surface area contributed by atoms with Crippen molar-refractivity contribution in [3.05, 3.63) is 100 Å². The van der Waals surface area contributed by atoms with E-state index in [0.29, 0.717) is 32.9 Å². The number of aliphatic hydroxyl groups is 1. The number of aryl methyl sites for hydroxylation is 2. The molecule has 33 heavy (non-hydrogen) atoms. The number of ketones is 1. The lowest BCUT2D eigenvalue weighted by Crippen LogP contribution is -2.30. The second-order valence-electron chi connectivity index (χ2n) is 7.75. The largest absolute Gasteiger partial charge is 0.503 e. The van der Waals surface area contributed by atoms with Crippen molar-refractivity contribution in [3.8, 4) is 10.6 Å². The molecule has 0 radical (unpaired) electrons. The molecule has 1 aromatic carbocycles. The van der Waals surface area contributed by atoms with Crippen molar-refractivity contribution >= 4 is 23.0 Å². The number of hydrogen-bond donors (Lipinski definition) is 1. The number of carbonyl (C=O) groups excluding carboxylic acids is 2. The zero-order chi connectivity index (χ0) is 23.1. The van der Waals surface area contributed by atoms with E-state index in [2.05, 4.69) is 4.98 Å². The Morgan fingerprint density at radius 3 is 2.58 bits per heavy atom. The monoisotopic (exact) mass is 460 g/mol. The third kappa shape index (κ3) is 3.68. The second-order valence-corrected chi connectivity index (χ2v) is 8.75. The molecule has 1 amide bonds. The predicted octanol–water partition coefficient (Wildman–Crippen LogP) is 5.39. The first kappa shape index (κ1) is 21.0. The van der Waals surface area contributed by atoms with E-state index < -0.39 is 23.5 Å². The smallest absolute Gasteiger partial charge is 0.290 e. The first-order chi connectivity index (χ1) is 15.9. The fraction of sp³-hybridized carbons (Fsp3) is 0.160. The number of hydrogen-bond acceptors (Lipinski definition) is 7. The van der Waals surface area contributed by atoms with Gasteiger partial charge in [-0.25, -0.2) is 4.98 Å². The van der Waals surface area contributed by atoms with Crippen LogP contribution in [0.25, 0.3) is 10.6 Å². The predicted molar refractivity (Wildman–Crippen MR) is 122 cm³/mol. The summed E-state index contributed by atoms with van der Waals surface area (Å²) >= 11 is 1.23. The molecule has 0 bridgehead atoms. The molecule has 0 fully saturated rings. The van der Waals surface area contributed by atoms with Crippen LogP contribution in [0, 0.1) is 13.8 Å². The van der Waals surface area contributed by atoms with Gasteiger partial charge >= 0.3 is 0 Å². The minimum atomic E-state index is -0.884. The fourth-order valence-electron chi connectivity index (χ4n) is 3.95. The van der Waals surface area contributed by atoms with Crippen LogP contribution in [0.4, 0.5) is 0 Å². The SMILES string of the molecule is Cc1ccc(C2C(C(=O)c3sc(-c4ccccc4)nc3C)=C(O)C(=O)N2Cc2ccco2)o1. The highest BCUT2D eigenvalue weighted by Gasteiger charge is 2.46. The van der Waals surface area contributed by atoms with E-state index in [1.54, 1.807) is 38.1 Å². The lowest BCUT2D eigenvalue weighted by Gasteiger charge is -2.23. The number of rotatable bonds is 6. The van der Waals surface area contributed by atoms with Gasteiger partial charge in [-0.2, -0.15) is 0 Å². The Labute approximate surface area is 193 Å². The number of thiazole rings is 1. The van der Waals surface area contributed by atoms with E-state index in [1.165, 1.54) is 22.5 Å². The molecule has 4 aromatic rings. The summed E-state index contributed by atoms with van der Waals surface area (Å²) in [5.41, 5.74) is 1.41. The summed E-state index contributed by atoms with van der Waals surface area (Å²) in [5.74, 6) is -0.129. The summed E-state index contributed by atoms with van der Waals surface area (Å²) in [6, 6.07) is 15.6. The number of amides is 1. The van der Waals surface area contributed by atoms with Crippen LogP contribution < -0.4 is 0 Å². The number of aromatic nitrogens is 1. The summed E-state index contributed by atoms with van der Waals surface area (Å²) in [5, 5.41) is 11.5. The van der Waals surface area contributed by atoms with Crippen molar-refractivity contribution in [1.29, 1.82) is 0 Å². The topological polar surface area (TPSA) is 96.8 Å². The molecule has 1 N–H and O–H groups in total. The molecule has 0 saturated heterocycles. The molecular formula is C25H20N2O5S. The van der Waals surface area contributed by atoms with E-state index in [4.69, 9.17) is 8.83 Å². The Kier molecular flexibility index (Phi) is 5.22. The quantitative estimate of drug-likeness (QED) is 0.388. The van der Waals surface area contributed by atoms with Crippen molar-refractivity contribution in [2.45, 2.75) is 26.4 Å². The van der Waals surface area contributed by atoms with Crippen molar-refractivity contribution in [1.82, 2.24) is 9.88 Å². The zero-order valence-corrected chi connectivity index (χ0v) is 18.8. The van der Waals surface area contributed by atoms with Gasteiger partial charge in [-0.05, 0) is 38.1 Å². The third-order valence-electron chi connectivity index (χ3n) is 5.51. The fourth-order valence-corrected chi connectivity index (χ4v) is 4.97. The van der Waals surface area contributed by atoms with E-state index in [1.807, 2.05) is 30.3 Å². The van der Waals surface area contributed by atoms with E-state index in [9.17, 15) is 14.7 Å². The lowest BCUT2D eigenvalue weighted by molar-refractivity contribution is -0.130. The highest BCUT2D eigenvalue weighted by Crippen LogP contribution is 2.42. The van der Waals surface area contributed by atoms with Gasteiger partial charge in [-0.3, -0.25) is 9.59 Å². The van der Waals surface area contributed by atoms with Crippen LogP contribution in [0.5, 0.6) is 0 Å². The summed E-state index contributed by atoms with van der Waals surface area (Å²) in [4.78, 5) is 33.1. The number of furan rings is 2. The molecule has 4 heterocycles. The Morgan fingerprint density at radius 2 is 1.91 bits per heavy atom. The average Bonchev–Trinajstić information content (AvgIpc) is 3.60. The number of Topliss-reactive ketones (excluding diaryl/α,β-unsaturated/α-hetero) is 1.